The molecule has 32 heavy (non-hydrogen) atoms. The first-order valence-electron chi connectivity index (χ1n) is 10.3. The molecule has 0 saturated heterocycles. The average molecular weight is 466 g/mol. The molecule has 0 amide bonds. The Bertz CT molecular complexity index is 1070. The molecule has 0 aliphatic heterocycles. The number of para-hydroxylation sites is 1. The van der Waals surface area contributed by atoms with E-state index in [2.05, 4.69) is 25.6 Å². The Kier molecular flexibility index (Phi) is 6.52. The number of aliphatic hydroxyl groups is 2. The van der Waals surface area contributed by atoms with E-state index in [1.807, 2.05) is 24.3 Å². The van der Waals surface area contributed by atoms with Gasteiger partial charge in [0, 0.05) is 13.7 Å². The number of halogens is 2. The van der Waals surface area contributed by atoms with Crippen LogP contribution in [-0.2, 0) is 4.74 Å². The summed E-state index contributed by atoms with van der Waals surface area (Å²) < 4.78 is 32.6. The number of alkyl halides is 2. The molecule has 1 saturated carbocycles. The zero-order valence-corrected chi connectivity index (χ0v) is 18.5. The lowest BCUT2D eigenvalue weighted by molar-refractivity contribution is -0.0763. The number of nitrogens with zero attached hydrogens (tertiary/aromatic N) is 3. The molecule has 2 heterocycles. The van der Waals surface area contributed by atoms with Gasteiger partial charge in [0.2, 0.25) is 12.4 Å². The van der Waals surface area contributed by atoms with Crippen molar-refractivity contribution in [1.82, 2.24) is 15.0 Å². The molecule has 4 rings (SSSR count). The van der Waals surface area contributed by atoms with Crippen molar-refractivity contribution in [2.24, 2.45) is 5.92 Å². The molecule has 172 valence electrons. The van der Waals surface area contributed by atoms with Crippen LogP contribution in [0.5, 0.6) is 0 Å². The van der Waals surface area contributed by atoms with Gasteiger partial charge >= 0.3 is 0 Å². The lowest BCUT2D eigenvalue weighted by Gasteiger charge is -2.31. The number of nitrogens with one attached hydrogen (secondary N) is 2. The molecule has 3 atom stereocenters. The fourth-order valence-electron chi connectivity index (χ4n) is 3.89. The first kappa shape index (κ1) is 22.7. The van der Waals surface area contributed by atoms with Gasteiger partial charge in [-0.2, -0.15) is 4.98 Å². The van der Waals surface area contributed by atoms with Gasteiger partial charge in [0.1, 0.15) is 16.9 Å². The minimum Gasteiger partial charge on any atom is -0.388 e. The van der Waals surface area contributed by atoms with Gasteiger partial charge in [-0.25, -0.2) is 18.7 Å². The number of hydrogen-bond acceptors (Lipinski definition) is 9. The summed E-state index contributed by atoms with van der Waals surface area (Å²) in [7, 11) is 1.58. The van der Waals surface area contributed by atoms with E-state index in [9.17, 15) is 19.0 Å². The molecule has 1 aliphatic carbocycles. The fraction of sp³-hybridized carbons (Fsp3) is 0.476. The van der Waals surface area contributed by atoms with Crippen molar-refractivity contribution >= 4 is 33.3 Å². The van der Waals surface area contributed by atoms with Crippen LogP contribution < -0.4 is 10.6 Å². The molecular weight excluding hydrogens is 440 g/mol. The smallest absolute Gasteiger partial charge is 0.244 e. The molecule has 8 nitrogen and oxygen atoms in total. The van der Waals surface area contributed by atoms with Gasteiger partial charge in [-0.05, 0) is 31.9 Å². The topological polar surface area (TPSA) is 112 Å². The Morgan fingerprint density at radius 2 is 2.06 bits per heavy atom. The van der Waals surface area contributed by atoms with Gasteiger partial charge in [-0.15, -0.1) is 11.3 Å². The second-order valence-corrected chi connectivity index (χ2v) is 8.82. The average Bonchev–Trinajstić information content (AvgIpc) is 3.29. The molecule has 0 radical (unpaired) electrons. The summed E-state index contributed by atoms with van der Waals surface area (Å²) in [5.74, 6) is -0.818. The highest BCUT2D eigenvalue weighted by atomic mass is 32.1. The SMILES string of the molecule is COCCNc1nc(C)c(-c2nc3ccccc3s2)c(N[C@@]2(O)CC[C@H](C(F)F)[C@H]2O)n1. The van der Waals surface area contributed by atoms with Crippen LogP contribution in [0.1, 0.15) is 18.5 Å². The lowest BCUT2D eigenvalue weighted by Crippen LogP contribution is -2.48. The van der Waals surface area contributed by atoms with Crippen molar-refractivity contribution in [3.63, 3.8) is 0 Å². The highest BCUT2D eigenvalue weighted by Gasteiger charge is 2.50. The Morgan fingerprint density at radius 3 is 2.75 bits per heavy atom. The van der Waals surface area contributed by atoms with Crippen LogP contribution in [0.2, 0.25) is 0 Å². The summed E-state index contributed by atoms with van der Waals surface area (Å²) in [5, 5.41) is 28.0. The third kappa shape index (κ3) is 4.38. The van der Waals surface area contributed by atoms with Gasteiger partial charge in [0.05, 0.1) is 34.0 Å². The van der Waals surface area contributed by atoms with Gasteiger partial charge in [0.25, 0.3) is 0 Å². The van der Waals surface area contributed by atoms with Crippen LogP contribution in [0, 0.1) is 12.8 Å². The number of aryl methyl sites for hydroxylation is 1. The number of methoxy groups -OCH3 is 1. The predicted octanol–water partition coefficient (Wildman–Crippen LogP) is 3.26. The number of aromatic nitrogens is 3. The van der Waals surface area contributed by atoms with Crippen molar-refractivity contribution in [3.05, 3.63) is 30.0 Å². The van der Waals surface area contributed by atoms with Gasteiger partial charge in [-0.3, -0.25) is 0 Å². The van der Waals surface area contributed by atoms with E-state index in [1.165, 1.54) is 11.3 Å². The molecule has 2 aromatic heterocycles. The van der Waals surface area contributed by atoms with Crippen molar-refractivity contribution in [2.75, 3.05) is 30.9 Å². The van der Waals surface area contributed by atoms with Crippen molar-refractivity contribution < 1.29 is 23.7 Å². The first-order valence-corrected chi connectivity index (χ1v) is 11.1. The van der Waals surface area contributed by atoms with Crippen LogP contribution in [0.4, 0.5) is 20.5 Å². The van der Waals surface area contributed by atoms with E-state index >= 15 is 0 Å². The summed E-state index contributed by atoms with van der Waals surface area (Å²) in [6.45, 7) is 2.67. The monoisotopic (exact) mass is 465 g/mol. The third-order valence-electron chi connectivity index (χ3n) is 5.60. The van der Waals surface area contributed by atoms with E-state index in [-0.39, 0.29) is 24.6 Å². The third-order valence-corrected chi connectivity index (χ3v) is 6.65. The molecule has 1 fully saturated rings. The molecule has 4 N–H and O–H groups in total. The van der Waals surface area contributed by atoms with Gasteiger partial charge < -0.3 is 25.6 Å². The van der Waals surface area contributed by atoms with Crippen LogP contribution in [-0.4, -0.2) is 63.7 Å². The normalized spacial score (nSPS) is 23.2. The minimum atomic E-state index is -2.73. The summed E-state index contributed by atoms with van der Waals surface area (Å²) in [4.78, 5) is 13.6. The molecular formula is C21H25F2N5O3S. The van der Waals surface area contributed by atoms with Crippen molar-refractivity contribution in [3.8, 4) is 10.6 Å². The highest BCUT2D eigenvalue weighted by Crippen LogP contribution is 2.42. The van der Waals surface area contributed by atoms with Gasteiger partial charge in [0.15, 0.2) is 5.72 Å². The lowest BCUT2D eigenvalue weighted by atomic mass is 10.0. The molecule has 1 aromatic carbocycles. The molecule has 0 bridgehead atoms. The van der Waals surface area contributed by atoms with E-state index < -0.39 is 24.2 Å². The number of thiazole rings is 1. The van der Waals surface area contributed by atoms with Gasteiger partial charge in [-0.1, -0.05) is 12.1 Å². The maximum Gasteiger partial charge on any atom is 0.244 e. The highest BCUT2D eigenvalue weighted by molar-refractivity contribution is 7.21. The second kappa shape index (κ2) is 9.18. The predicted molar refractivity (Wildman–Crippen MR) is 119 cm³/mol. The minimum absolute atomic E-state index is 0.0121. The van der Waals surface area contributed by atoms with Crippen molar-refractivity contribution in [1.29, 1.82) is 0 Å². The summed E-state index contributed by atoms with van der Waals surface area (Å²) in [6.07, 6.45) is -4.44. The summed E-state index contributed by atoms with van der Waals surface area (Å²) in [5.41, 5.74) is -0.0120. The van der Waals surface area contributed by atoms with Crippen LogP contribution >= 0.6 is 11.3 Å². The number of hydrogen-bond donors (Lipinski definition) is 4. The first-order chi connectivity index (χ1) is 15.3. The second-order valence-electron chi connectivity index (χ2n) is 7.79. The molecule has 0 spiro atoms. The molecule has 1 aliphatic rings. The van der Waals surface area contributed by atoms with Crippen LogP contribution in [0.25, 0.3) is 20.8 Å². The Balaban J connectivity index is 1.75. The number of aliphatic hydroxyl groups excluding tert-OH is 1. The zero-order valence-electron chi connectivity index (χ0n) is 17.7. The van der Waals surface area contributed by atoms with E-state index in [0.717, 1.165) is 10.2 Å². The maximum absolute atomic E-state index is 13.3. The largest absolute Gasteiger partial charge is 0.388 e. The van der Waals surface area contributed by atoms with Crippen molar-refractivity contribution in [2.45, 2.75) is 38.0 Å². The van der Waals surface area contributed by atoms with E-state index in [4.69, 9.17) is 4.74 Å². The van der Waals surface area contributed by atoms with Crippen LogP contribution in [0.3, 0.4) is 0 Å². The Morgan fingerprint density at radius 1 is 1.28 bits per heavy atom. The number of rotatable bonds is 8. The molecule has 0 unspecified atom stereocenters. The quantitative estimate of drug-likeness (QED) is 0.296. The van der Waals surface area contributed by atoms with E-state index in [1.54, 1.807) is 14.0 Å². The van der Waals surface area contributed by atoms with E-state index in [0.29, 0.717) is 29.4 Å². The summed E-state index contributed by atoms with van der Waals surface area (Å²) >= 11 is 1.43. The maximum atomic E-state index is 13.3. The number of fused-ring (bicyclic) bond motifs is 1. The molecule has 3 aromatic rings. The zero-order chi connectivity index (χ0) is 22.9. The number of anilines is 2. The number of benzene rings is 1. The molecule has 11 heteroatoms. The number of ether oxygens (including phenoxy) is 1. The standard InChI is InChI=1S/C21H25F2N5O3S/c1-11-15(19-26-13-5-3-4-6-14(13)32-19)18(27-20(25-11)24-9-10-31-2)28-21(30)8-7-12(16(21)29)17(22)23/h3-6,12,16-17,29-30H,7-10H2,1-2H3,(H2,24,25,27,28)/t12-,16+,21+/m0/s1. The summed E-state index contributed by atoms with van der Waals surface area (Å²) in [6, 6.07) is 7.64. The fourth-order valence-corrected chi connectivity index (χ4v) is 4.96. The van der Waals surface area contributed by atoms with Crippen LogP contribution in [0.15, 0.2) is 24.3 Å². The Labute approximate surface area is 187 Å². The Hall–Kier alpha value is -2.47.